The quantitative estimate of drug-likeness (QED) is 0.766. The predicted molar refractivity (Wildman–Crippen MR) is 97.5 cm³/mol. The average Bonchev–Trinajstić information content (AvgIpc) is 3.08. The minimum atomic E-state index is -2.95. The molecule has 3 heterocycles. The number of nitrogens with one attached hydrogen (secondary N) is 1. The third-order valence-corrected chi connectivity index (χ3v) is 5.56. The van der Waals surface area contributed by atoms with Gasteiger partial charge in [-0.15, -0.1) is 0 Å². The number of alkyl halides is 2. The molecule has 0 aliphatic carbocycles. The predicted octanol–water partition coefficient (Wildman–Crippen LogP) is 1.58. The topological polar surface area (TPSA) is 79.7 Å². The molecule has 4 rings (SSSR count). The van der Waals surface area contributed by atoms with Gasteiger partial charge in [-0.2, -0.15) is 0 Å². The molecule has 2 unspecified atom stereocenters. The highest BCUT2D eigenvalue weighted by atomic mass is 19.3. The summed E-state index contributed by atoms with van der Waals surface area (Å²) in [6.07, 6.45) is 3.58. The highest BCUT2D eigenvalue weighted by Crippen LogP contribution is 2.45. The zero-order valence-corrected chi connectivity index (χ0v) is 14.5. The maximum Gasteiger partial charge on any atom is 0.265 e. The highest BCUT2D eigenvalue weighted by molar-refractivity contribution is 6.04. The Morgan fingerprint density at radius 3 is 2.77 bits per heavy atom. The molecular weight excluding hydrogens is 336 g/mol. The number of hydrogen-bond acceptors (Lipinski definition) is 5. The van der Waals surface area contributed by atoms with Crippen molar-refractivity contribution in [2.75, 3.05) is 19.6 Å². The first-order chi connectivity index (χ1) is 12.4. The number of piperidine rings is 1. The summed E-state index contributed by atoms with van der Waals surface area (Å²) < 4.78 is 30.4. The van der Waals surface area contributed by atoms with Crippen LogP contribution in [-0.2, 0) is 6.54 Å². The summed E-state index contributed by atoms with van der Waals surface area (Å²) in [6, 6.07) is 9.66. The first-order valence-electron chi connectivity index (χ1n) is 8.82. The van der Waals surface area contributed by atoms with E-state index in [-0.39, 0.29) is 18.7 Å². The molecule has 138 valence electrons. The molecule has 5 nitrogen and oxygen atoms in total. The van der Waals surface area contributed by atoms with Crippen LogP contribution in [0.3, 0.4) is 0 Å². The summed E-state index contributed by atoms with van der Waals surface area (Å²) in [4.78, 5) is 6.06. The summed E-state index contributed by atoms with van der Waals surface area (Å²) in [5.74, 6) is -3.45. The molecule has 0 aromatic heterocycles. The molecule has 3 aliphatic heterocycles. The second-order valence-corrected chi connectivity index (χ2v) is 7.22. The van der Waals surface area contributed by atoms with Crippen molar-refractivity contribution in [1.82, 2.24) is 10.2 Å². The Hall–Kier alpha value is -2.25. The van der Waals surface area contributed by atoms with Gasteiger partial charge >= 0.3 is 0 Å². The van der Waals surface area contributed by atoms with Crippen molar-refractivity contribution in [1.29, 1.82) is 0 Å². The summed E-state index contributed by atoms with van der Waals surface area (Å²) in [5, 5.41) is 2.95. The number of amidine groups is 1. The molecule has 0 spiro atoms. The third kappa shape index (κ3) is 2.71. The van der Waals surface area contributed by atoms with Crippen LogP contribution in [0.2, 0.25) is 0 Å². The van der Waals surface area contributed by atoms with Gasteiger partial charge in [0, 0.05) is 24.0 Å². The third-order valence-electron chi connectivity index (χ3n) is 5.56. The minimum absolute atomic E-state index is 0.241. The normalized spacial score (nSPS) is 30.7. The van der Waals surface area contributed by atoms with Crippen molar-refractivity contribution < 1.29 is 8.78 Å². The van der Waals surface area contributed by atoms with E-state index in [0.29, 0.717) is 31.0 Å². The van der Waals surface area contributed by atoms with E-state index in [9.17, 15) is 0 Å². The van der Waals surface area contributed by atoms with Gasteiger partial charge in [0.05, 0.1) is 24.5 Å². The first kappa shape index (κ1) is 17.2. The Labute approximate surface area is 151 Å². The summed E-state index contributed by atoms with van der Waals surface area (Å²) in [6.45, 7) is 1.17. The number of nitrogens with two attached hydrogens (primary N) is 2. The fourth-order valence-electron chi connectivity index (χ4n) is 4.26. The molecule has 0 bridgehead atoms. The molecule has 3 aliphatic rings. The number of nitrogens with zero attached hydrogens (tertiary/aromatic N) is 2. The Morgan fingerprint density at radius 2 is 2.04 bits per heavy atom. The fourth-order valence-corrected chi connectivity index (χ4v) is 4.26. The second-order valence-electron chi connectivity index (χ2n) is 7.22. The number of hydrogen-bond donors (Lipinski definition) is 3. The lowest BCUT2D eigenvalue weighted by Crippen LogP contribution is -2.66. The lowest BCUT2D eigenvalue weighted by atomic mass is 9.69. The summed E-state index contributed by atoms with van der Waals surface area (Å²) in [5.41, 5.74) is 13.1. The van der Waals surface area contributed by atoms with E-state index >= 15 is 8.78 Å². The van der Waals surface area contributed by atoms with Crippen LogP contribution in [0.5, 0.6) is 0 Å². The van der Waals surface area contributed by atoms with Crippen molar-refractivity contribution in [2.24, 2.45) is 22.4 Å². The zero-order chi connectivity index (χ0) is 18.4. The first-order valence-corrected chi connectivity index (χ1v) is 8.82. The Morgan fingerprint density at radius 1 is 1.27 bits per heavy atom. The van der Waals surface area contributed by atoms with Gasteiger partial charge in [0.1, 0.15) is 5.84 Å². The van der Waals surface area contributed by atoms with Crippen LogP contribution in [0, 0.1) is 5.92 Å². The highest BCUT2D eigenvalue weighted by Gasteiger charge is 2.58. The molecule has 1 aromatic rings. The largest absolute Gasteiger partial charge is 0.399 e. The number of likely N-dealkylation sites (tertiary alicyclic amines) is 1. The lowest BCUT2D eigenvalue weighted by Gasteiger charge is -2.48. The molecule has 7 heteroatoms. The standard InChI is InChI=1S/C19H23F2N5/c20-18(21)12-26(11-13-4-2-1-3-5-13)9-7-15(18)19(23)14-6-8-24-17(14)25-10-16(19)22/h1-6,10,15H,7-9,11-12,22-23H2,(H,24,25). The molecule has 26 heavy (non-hydrogen) atoms. The van der Waals surface area contributed by atoms with E-state index in [1.807, 2.05) is 30.3 Å². The van der Waals surface area contributed by atoms with Gasteiger partial charge in [-0.05, 0) is 18.5 Å². The van der Waals surface area contributed by atoms with E-state index in [1.165, 1.54) is 6.20 Å². The second kappa shape index (κ2) is 6.17. The maximum absolute atomic E-state index is 15.2. The van der Waals surface area contributed by atoms with Gasteiger partial charge in [-0.1, -0.05) is 36.4 Å². The van der Waals surface area contributed by atoms with Gasteiger partial charge in [-0.25, -0.2) is 8.78 Å². The molecule has 0 saturated carbocycles. The van der Waals surface area contributed by atoms with E-state index in [2.05, 4.69) is 10.3 Å². The van der Waals surface area contributed by atoms with Crippen molar-refractivity contribution in [2.45, 2.75) is 24.4 Å². The van der Waals surface area contributed by atoms with Crippen LogP contribution in [0.1, 0.15) is 12.0 Å². The molecular formula is C19H23F2N5. The summed E-state index contributed by atoms with van der Waals surface area (Å²) >= 11 is 0. The van der Waals surface area contributed by atoms with E-state index in [0.717, 1.165) is 5.56 Å². The Bertz CT molecular complexity index is 786. The number of benzene rings is 1. The molecule has 0 radical (unpaired) electrons. The Balaban J connectivity index is 1.58. The zero-order valence-electron chi connectivity index (χ0n) is 14.5. The smallest absolute Gasteiger partial charge is 0.265 e. The van der Waals surface area contributed by atoms with Gasteiger partial charge < -0.3 is 16.8 Å². The van der Waals surface area contributed by atoms with Crippen molar-refractivity contribution in [3.05, 3.63) is 59.4 Å². The fraction of sp³-hybridized carbons (Fsp3) is 0.421. The van der Waals surface area contributed by atoms with Crippen LogP contribution in [0.4, 0.5) is 8.78 Å². The van der Waals surface area contributed by atoms with Crippen LogP contribution in [0.15, 0.2) is 58.9 Å². The van der Waals surface area contributed by atoms with Gasteiger partial charge in [0.25, 0.3) is 5.92 Å². The van der Waals surface area contributed by atoms with Gasteiger partial charge in [0.2, 0.25) is 0 Å². The molecule has 1 aromatic carbocycles. The lowest BCUT2D eigenvalue weighted by molar-refractivity contribution is -0.126. The van der Waals surface area contributed by atoms with Crippen LogP contribution >= 0.6 is 0 Å². The monoisotopic (exact) mass is 359 g/mol. The SMILES string of the molecule is NC1=CNC2=NCC=C2C1(N)C1CCN(Cc2ccccc2)CC1(F)F. The molecule has 1 fully saturated rings. The van der Waals surface area contributed by atoms with Crippen molar-refractivity contribution in [3.63, 3.8) is 0 Å². The van der Waals surface area contributed by atoms with Crippen molar-refractivity contribution >= 4 is 5.84 Å². The molecule has 1 saturated heterocycles. The molecule has 5 N–H and O–H groups in total. The number of halogens is 2. The van der Waals surface area contributed by atoms with Crippen LogP contribution < -0.4 is 16.8 Å². The average molecular weight is 359 g/mol. The van der Waals surface area contributed by atoms with E-state index in [4.69, 9.17) is 11.5 Å². The number of aliphatic imine (C=N–C) groups is 1. The van der Waals surface area contributed by atoms with Crippen LogP contribution in [0.25, 0.3) is 0 Å². The number of rotatable bonds is 3. The van der Waals surface area contributed by atoms with E-state index in [1.54, 1.807) is 11.0 Å². The van der Waals surface area contributed by atoms with E-state index < -0.39 is 17.4 Å². The molecule has 0 amide bonds. The van der Waals surface area contributed by atoms with Gasteiger partial charge in [-0.3, -0.25) is 9.89 Å². The van der Waals surface area contributed by atoms with Gasteiger partial charge in [0.15, 0.2) is 0 Å². The Kier molecular flexibility index (Phi) is 4.08. The maximum atomic E-state index is 15.2. The van der Waals surface area contributed by atoms with Crippen LogP contribution in [-0.4, -0.2) is 41.8 Å². The van der Waals surface area contributed by atoms with Crippen molar-refractivity contribution in [3.8, 4) is 0 Å². The minimum Gasteiger partial charge on any atom is -0.399 e. The number of fused-ring (bicyclic) bond motifs is 1. The summed E-state index contributed by atoms with van der Waals surface area (Å²) in [7, 11) is 0. The molecule has 2 atom stereocenters.